The van der Waals surface area contributed by atoms with Crippen LogP contribution in [0.5, 0.6) is 0 Å². The van der Waals surface area contributed by atoms with Gasteiger partial charge >= 0.3 is 6.18 Å². The summed E-state index contributed by atoms with van der Waals surface area (Å²) in [7, 11) is -3.80. The highest BCUT2D eigenvalue weighted by atomic mass is 35.5. The van der Waals surface area contributed by atoms with Crippen molar-refractivity contribution in [1.29, 1.82) is 0 Å². The van der Waals surface area contributed by atoms with Crippen molar-refractivity contribution in [2.75, 3.05) is 18.4 Å². The van der Waals surface area contributed by atoms with Crippen molar-refractivity contribution in [3.05, 3.63) is 29.3 Å². The van der Waals surface area contributed by atoms with Crippen molar-refractivity contribution in [2.45, 2.75) is 25.6 Å². The number of halogens is 4. The maximum Gasteiger partial charge on any atom is 0.416 e. The average Bonchev–Trinajstić information content (AvgIpc) is 2.53. The van der Waals surface area contributed by atoms with Crippen LogP contribution in [0.1, 0.15) is 24.0 Å². The van der Waals surface area contributed by atoms with Crippen LogP contribution in [0.25, 0.3) is 0 Å². The monoisotopic (exact) mass is 416 g/mol. The summed E-state index contributed by atoms with van der Waals surface area (Å²) >= 11 is 0. The Balaban J connectivity index is 0.00000338. The van der Waals surface area contributed by atoms with Gasteiger partial charge in [-0.15, -0.1) is 12.4 Å². The minimum atomic E-state index is -4.55. The number of piperidine rings is 1. The lowest BCUT2D eigenvalue weighted by Crippen LogP contribution is -2.44. The highest BCUT2D eigenvalue weighted by Gasteiger charge is 2.32. The number of carbonyl (C=O) groups excluding carboxylic acids is 1. The van der Waals surface area contributed by atoms with Crippen LogP contribution < -0.4 is 16.2 Å². The molecule has 0 aromatic heterocycles. The standard InChI is InChI=1S/C14H19F3N4O3S.ClH/c15-14(16,17)11-5-9(8-18)6-12(7-11)20-13(22)10-1-3-21(4-2-10)25(19,23)24;/h5-7,10H,1-4,8,18H2,(H,20,22)(H2,19,23,24);1H. The van der Waals surface area contributed by atoms with Crippen LogP contribution in [0.4, 0.5) is 18.9 Å². The van der Waals surface area contributed by atoms with Crippen LogP contribution in [0.2, 0.25) is 0 Å². The quantitative estimate of drug-likeness (QED) is 0.688. The Morgan fingerprint density at radius 1 is 1.23 bits per heavy atom. The minimum absolute atomic E-state index is 0. The Morgan fingerprint density at radius 2 is 1.81 bits per heavy atom. The lowest BCUT2D eigenvalue weighted by atomic mass is 9.97. The van der Waals surface area contributed by atoms with E-state index >= 15 is 0 Å². The average molecular weight is 417 g/mol. The van der Waals surface area contributed by atoms with Gasteiger partial charge in [-0.1, -0.05) is 0 Å². The predicted octanol–water partition coefficient (Wildman–Crippen LogP) is 1.44. The number of carbonyl (C=O) groups is 1. The number of rotatable bonds is 4. The molecule has 0 atom stereocenters. The first-order valence-electron chi connectivity index (χ1n) is 7.50. The number of nitrogens with one attached hydrogen (secondary N) is 1. The first-order valence-corrected chi connectivity index (χ1v) is 9.01. The van der Waals surface area contributed by atoms with Crippen molar-refractivity contribution < 1.29 is 26.4 Å². The third kappa shape index (κ3) is 5.81. The lowest BCUT2D eigenvalue weighted by molar-refractivity contribution is -0.137. The number of nitrogens with two attached hydrogens (primary N) is 2. The first-order chi connectivity index (χ1) is 11.5. The van der Waals surface area contributed by atoms with Gasteiger partial charge in [-0.3, -0.25) is 4.79 Å². The molecule has 1 aliphatic rings. The predicted molar refractivity (Wildman–Crippen MR) is 92.6 cm³/mol. The molecule has 1 saturated heterocycles. The number of hydrogen-bond acceptors (Lipinski definition) is 4. The minimum Gasteiger partial charge on any atom is -0.326 e. The van der Waals surface area contributed by atoms with Crippen molar-refractivity contribution in [3.63, 3.8) is 0 Å². The van der Waals surface area contributed by atoms with Crippen molar-refractivity contribution >= 4 is 34.2 Å². The smallest absolute Gasteiger partial charge is 0.326 e. The van der Waals surface area contributed by atoms with Crippen molar-refractivity contribution in [3.8, 4) is 0 Å². The van der Waals surface area contributed by atoms with E-state index in [-0.39, 0.29) is 56.1 Å². The van der Waals surface area contributed by atoms with Gasteiger partial charge in [0.15, 0.2) is 0 Å². The second-order valence-electron chi connectivity index (χ2n) is 5.83. The molecule has 0 saturated carbocycles. The fraction of sp³-hybridized carbons (Fsp3) is 0.500. The number of amides is 1. The lowest BCUT2D eigenvalue weighted by Gasteiger charge is -2.29. The van der Waals surface area contributed by atoms with Crippen LogP contribution in [0.3, 0.4) is 0 Å². The summed E-state index contributed by atoms with van der Waals surface area (Å²) in [5, 5.41) is 7.48. The molecule has 2 rings (SSSR count). The number of anilines is 1. The van der Waals surface area contributed by atoms with E-state index in [9.17, 15) is 26.4 Å². The summed E-state index contributed by atoms with van der Waals surface area (Å²) in [6, 6.07) is 3.16. The molecule has 1 aliphatic heterocycles. The first kappa shape index (κ1) is 22.6. The Morgan fingerprint density at radius 3 is 2.27 bits per heavy atom. The molecule has 1 aromatic rings. The molecule has 0 radical (unpaired) electrons. The molecule has 12 heteroatoms. The zero-order chi connectivity index (χ0) is 18.8. The molecule has 0 spiro atoms. The molecule has 5 N–H and O–H groups in total. The second-order valence-corrected chi connectivity index (χ2v) is 7.37. The third-order valence-corrected chi connectivity index (χ3v) is 5.09. The number of hydrogen-bond donors (Lipinski definition) is 3. The molecule has 0 unspecified atom stereocenters. The normalized spacial score (nSPS) is 16.8. The summed E-state index contributed by atoms with van der Waals surface area (Å²) in [6.45, 7) is 0.0840. The van der Waals surface area contributed by atoms with Crippen LogP contribution in [-0.2, 0) is 27.7 Å². The second kappa shape index (κ2) is 8.53. The Labute approximate surface area is 155 Å². The van der Waals surface area contributed by atoms with Crippen molar-refractivity contribution in [1.82, 2.24) is 4.31 Å². The molecular formula is C14H20ClF3N4O3S. The van der Waals surface area contributed by atoms with E-state index in [0.717, 1.165) is 16.4 Å². The Kier molecular flexibility index (Phi) is 7.42. The van der Waals surface area contributed by atoms with Gasteiger partial charge in [0.05, 0.1) is 5.56 Å². The SMILES string of the molecule is Cl.NCc1cc(NC(=O)C2CCN(S(N)(=O)=O)CC2)cc(C(F)(F)F)c1. The van der Waals surface area contributed by atoms with Gasteiger partial charge in [-0.05, 0) is 36.6 Å². The summed E-state index contributed by atoms with van der Waals surface area (Å²) in [5.41, 5.74) is 4.77. The maximum absolute atomic E-state index is 12.9. The summed E-state index contributed by atoms with van der Waals surface area (Å²) in [4.78, 5) is 12.3. The van der Waals surface area contributed by atoms with E-state index in [2.05, 4.69) is 5.32 Å². The third-order valence-electron chi connectivity index (χ3n) is 4.01. The van der Waals surface area contributed by atoms with Crippen LogP contribution in [-0.4, -0.2) is 31.7 Å². The van der Waals surface area contributed by atoms with Gasteiger partial charge in [0.1, 0.15) is 0 Å². The zero-order valence-corrected chi connectivity index (χ0v) is 15.3. The van der Waals surface area contributed by atoms with Crippen LogP contribution >= 0.6 is 12.4 Å². The van der Waals surface area contributed by atoms with Gasteiger partial charge in [-0.25, -0.2) is 5.14 Å². The fourth-order valence-electron chi connectivity index (χ4n) is 2.66. The summed E-state index contributed by atoms with van der Waals surface area (Å²) < 4.78 is 62.3. The Hall–Kier alpha value is -1.40. The maximum atomic E-state index is 12.9. The largest absolute Gasteiger partial charge is 0.416 e. The molecule has 0 bridgehead atoms. The molecule has 7 nitrogen and oxygen atoms in total. The van der Waals surface area contributed by atoms with E-state index in [0.29, 0.717) is 0 Å². The molecule has 148 valence electrons. The molecule has 26 heavy (non-hydrogen) atoms. The molecule has 1 fully saturated rings. The van der Waals surface area contributed by atoms with Gasteiger partial charge in [0, 0.05) is 31.2 Å². The van der Waals surface area contributed by atoms with E-state index in [1.54, 1.807) is 0 Å². The van der Waals surface area contributed by atoms with Gasteiger partial charge < -0.3 is 11.1 Å². The van der Waals surface area contributed by atoms with Crippen LogP contribution in [0, 0.1) is 5.92 Å². The molecule has 1 amide bonds. The van der Waals surface area contributed by atoms with E-state index in [1.165, 1.54) is 6.07 Å². The molecule has 0 aliphatic carbocycles. The zero-order valence-electron chi connectivity index (χ0n) is 13.6. The molecular weight excluding hydrogens is 397 g/mol. The Bertz CT molecular complexity index is 750. The fourth-order valence-corrected chi connectivity index (χ4v) is 3.38. The van der Waals surface area contributed by atoms with Gasteiger partial charge in [0.25, 0.3) is 10.2 Å². The van der Waals surface area contributed by atoms with E-state index in [4.69, 9.17) is 10.9 Å². The van der Waals surface area contributed by atoms with Gasteiger partial charge in [-0.2, -0.15) is 25.9 Å². The molecule has 1 heterocycles. The highest BCUT2D eigenvalue weighted by Crippen LogP contribution is 2.32. The number of benzene rings is 1. The van der Waals surface area contributed by atoms with Crippen molar-refractivity contribution in [2.24, 2.45) is 16.8 Å². The summed E-state index contributed by atoms with van der Waals surface area (Å²) in [5.74, 6) is -0.967. The van der Waals surface area contributed by atoms with Crippen LogP contribution in [0.15, 0.2) is 18.2 Å². The van der Waals surface area contributed by atoms with E-state index in [1.807, 2.05) is 0 Å². The topological polar surface area (TPSA) is 119 Å². The highest BCUT2D eigenvalue weighted by molar-refractivity contribution is 7.86. The number of nitrogens with zero attached hydrogens (tertiary/aromatic N) is 1. The van der Waals surface area contributed by atoms with E-state index < -0.39 is 33.8 Å². The summed E-state index contributed by atoms with van der Waals surface area (Å²) in [6.07, 6.45) is -4.07. The number of alkyl halides is 3. The molecule has 1 aromatic carbocycles. The van der Waals surface area contributed by atoms with Gasteiger partial charge in [0.2, 0.25) is 5.91 Å².